The normalized spacial score (nSPS) is 12.9. The van der Waals surface area contributed by atoms with Crippen LogP contribution in [0.4, 0.5) is 0 Å². The van der Waals surface area contributed by atoms with Gasteiger partial charge in [-0.2, -0.15) is 0 Å². The third-order valence-corrected chi connectivity index (χ3v) is 51.3. The molecule has 0 amide bonds. The molecule has 0 aromatic heterocycles. The van der Waals surface area contributed by atoms with E-state index in [1.165, 1.54) is 9.81 Å². The van der Waals surface area contributed by atoms with Crippen LogP contribution in [0.2, 0.25) is 24.2 Å². The van der Waals surface area contributed by atoms with Crippen molar-refractivity contribution in [1.29, 1.82) is 0 Å². The second-order valence-electron chi connectivity index (χ2n) is 16.3. The van der Waals surface area contributed by atoms with Gasteiger partial charge >= 0.3 is 35.2 Å². The standard InChI is InChI=1S/C46H100O12S16Si4/c1-16-44(45(63-71-67-59-35-29-39-75(47-17-2,48-18-3)49-19-4)64-72-68-60-36-30-40-76(50-20-5,51-21-6)52-22-7)46(34-33-43(14)15,65-73-69-61-37-31-41-77(53-23-8,54-24-9)55-25-10)66-74-70-62-38-32-42-78(56-26-11,57-27-12)58-28-13/h43H,16-42H2,1-15H3. The van der Waals surface area contributed by atoms with Gasteiger partial charge in [0.15, 0.2) is 0 Å². The molecule has 0 aliphatic rings. The Balaban J connectivity index is 6.83. The minimum Gasteiger partial charge on any atom is -0.374 e. The molecule has 0 spiro atoms. The molecule has 0 radical (unpaired) electrons. The number of hydrogen-bond acceptors (Lipinski definition) is 28. The van der Waals surface area contributed by atoms with Crippen LogP contribution in [0.3, 0.4) is 0 Å². The molecule has 0 bridgehead atoms. The molecule has 468 valence electrons. The maximum atomic E-state index is 6.18. The first kappa shape index (κ1) is 83.7. The minimum absolute atomic E-state index is 0.180. The maximum absolute atomic E-state index is 6.18. The lowest BCUT2D eigenvalue weighted by molar-refractivity contribution is 0.0704. The number of rotatable bonds is 61. The Kier molecular flexibility index (Phi) is 59.6. The molecule has 0 fully saturated rings. The quantitative estimate of drug-likeness (QED) is 0.0249. The first-order chi connectivity index (χ1) is 37.8. The monoisotopic (exact) mass is 1470 g/mol. The summed E-state index contributed by atoms with van der Waals surface area (Å²) in [7, 11) is 20.1. The maximum Gasteiger partial charge on any atom is 0.500 e. The summed E-state index contributed by atoms with van der Waals surface area (Å²) >= 11 is 0. The van der Waals surface area contributed by atoms with E-state index < -0.39 is 35.2 Å². The summed E-state index contributed by atoms with van der Waals surface area (Å²) in [6.45, 7) is 38.6. The summed E-state index contributed by atoms with van der Waals surface area (Å²) in [5, 5.41) is 0. The summed E-state index contributed by atoms with van der Waals surface area (Å²) in [5.41, 5.74) is 1.52. The Bertz CT molecular complexity index is 1260. The van der Waals surface area contributed by atoms with Gasteiger partial charge in [-0.3, -0.25) is 0 Å². The van der Waals surface area contributed by atoms with E-state index in [0.717, 1.165) is 92.1 Å². The fourth-order valence-corrected chi connectivity index (χ4v) is 49.1. The third-order valence-electron chi connectivity index (χ3n) is 10.2. The van der Waals surface area contributed by atoms with E-state index in [4.69, 9.17) is 53.1 Å². The van der Waals surface area contributed by atoms with Crippen molar-refractivity contribution in [2.45, 2.75) is 177 Å². The van der Waals surface area contributed by atoms with Gasteiger partial charge in [0.1, 0.15) is 4.08 Å². The molecule has 78 heavy (non-hydrogen) atoms. The highest BCUT2D eigenvalue weighted by Crippen LogP contribution is 2.67. The van der Waals surface area contributed by atoms with Crippen LogP contribution < -0.4 is 0 Å². The van der Waals surface area contributed by atoms with Gasteiger partial charge in [0, 0.05) is 126 Å². The van der Waals surface area contributed by atoms with Crippen molar-refractivity contribution in [1.82, 2.24) is 0 Å². The highest BCUT2D eigenvalue weighted by Gasteiger charge is 2.43. The van der Waals surface area contributed by atoms with Crippen LogP contribution in [-0.4, -0.2) is 142 Å². The van der Waals surface area contributed by atoms with Crippen molar-refractivity contribution >= 4 is 200 Å². The molecular formula is C46H100O12S16Si4. The van der Waals surface area contributed by atoms with Gasteiger partial charge in [-0.25, -0.2) is 0 Å². The van der Waals surface area contributed by atoms with Gasteiger partial charge in [-0.1, -0.05) is 85.5 Å². The summed E-state index contributed by atoms with van der Waals surface area (Å²) in [5.74, 6) is 4.54. The van der Waals surface area contributed by atoms with Gasteiger partial charge < -0.3 is 53.1 Å². The molecule has 0 saturated heterocycles. The predicted molar refractivity (Wildman–Crippen MR) is 385 cm³/mol. The molecule has 0 atom stereocenters. The highest BCUT2D eigenvalue weighted by atomic mass is 33.7. The van der Waals surface area contributed by atoms with Crippen LogP contribution in [-0.2, 0) is 53.1 Å². The Morgan fingerprint density at radius 2 is 0.590 bits per heavy atom. The number of hydrogen-bond donors (Lipinski definition) is 0. The van der Waals surface area contributed by atoms with Crippen molar-refractivity contribution in [3.63, 3.8) is 0 Å². The van der Waals surface area contributed by atoms with Gasteiger partial charge in [0.25, 0.3) is 0 Å². The summed E-state index contributed by atoms with van der Waals surface area (Å²) in [6.07, 6.45) is 7.07. The first-order valence-corrected chi connectivity index (χ1v) is 55.4. The minimum atomic E-state index is -2.68. The second kappa shape index (κ2) is 55.6. The lowest BCUT2D eigenvalue weighted by atomic mass is 10.0. The van der Waals surface area contributed by atoms with Crippen LogP contribution in [0.15, 0.2) is 9.81 Å². The summed E-state index contributed by atoms with van der Waals surface area (Å²) < 4.78 is 75.3. The molecule has 0 heterocycles. The van der Waals surface area contributed by atoms with Crippen molar-refractivity contribution in [3.05, 3.63) is 9.81 Å². The Morgan fingerprint density at radius 3 is 0.808 bits per heavy atom. The lowest BCUT2D eigenvalue weighted by Gasteiger charge is -2.35. The Morgan fingerprint density at radius 1 is 0.346 bits per heavy atom. The molecule has 0 saturated carbocycles. The average Bonchev–Trinajstić information content (AvgIpc) is 3.41. The Labute approximate surface area is 542 Å². The SMILES string of the molecule is CCO[Si](CCCSSSSC(SSSSCCC[Si](OCC)(OCC)OCC)=C(CC)C(CCC(C)C)(SSSSCCC[Si](OCC)(OCC)OCC)SSSSCCC[Si](OCC)(OCC)OCC)(OCC)OCC. The van der Waals surface area contributed by atoms with Crippen LogP contribution >= 0.6 is 165 Å². The van der Waals surface area contributed by atoms with Gasteiger partial charge in [-0.05, 0) is 240 Å². The molecule has 0 aliphatic carbocycles. The van der Waals surface area contributed by atoms with E-state index in [0.29, 0.717) is 85.2 Å². The van der Waals surface area contributed by atoms with Gasteiger partial charge in [0.05, 0.1) is 4.24 Å². The topological polar surface area (TPSA) is 111 Å². The largest absolute Gasteiger partial charge is 0.500 e. The van der Waals surface area contributed by atoms with Crippen molar-refractivity contribution in [3.8, 4) is 0 Å². The van der Waals surface area contributed by atoms with E-state index in [1.807, 2.05) is 226 Å². The zero-order chi connectivity index (χ0) is 58.1. The average molecular weight is 1470 g/mol. The van der Waals surface area contributed by atoms with E-state index in [-0.39, 0.29) is 4.08 Å². The molecule has 0 aliphatic heterocycles. The molecule has 0 aromatic carbocycles. The van der Waals surface area contributed by atoms with Crippen molar-refractivity contribution in [2.24, 2.45) is 5.92 Å². The van der Waals surface area contributed by atoms with Gasteiger partial charge in [-0.15, -0.1) is 0 Å². The smallest absolute Gasteiger partial charge is 0.374 e. The molecule has 32 heteroatoms. The van der Waals surface area contributed by atoms with E-state index in [2.05, 4.69) is 42.4 Å². The molecule has 0 aromatic rings. The van der Waals surface area contributed by atoms with E-state index in [9.17, 15) is 0 Å². The fraction of sp³-hybridized carbons (Fsp3) is 0.957. The molecular weight excluding hydrogens is 1370 g/mol. The van der Waals surface area contributed by atoms with Crippen LogP contribution in [0, 0.1) is 5.92 Å². The van der Waals surface area contributed by atoms with Crippen molar-refractivity contribution < 1.29 is 53.1 Å². The fourth-order valence-electron chi connectivity index (χ4n) is 7.35. The first-order valence-electron chi connectivity index (χ1n) is 27.8. The van der Waals surface area contributed by atoms with E-state index in [1.54, 1.807) is 0 Å². The van der Waals surface area contributed by atoms with Crippen LogP contribution in [0.1, 0.15) is 149 Å². The van der Waals surface area contributed by atoms with E-state index >= 15 is 0 Å². The highest BCUT2D eigenvalue weighted by molar-refractivity contribution is 9.30. The second-order valence-corrected chi connectivity index (χ2v) is 52.2. The van der Waals surface area contributed by atoms with Crippen molar-refractivity contribution in [2.75, 3.05) is 102 Å². The van der Waals surface area contributed by atoms with Gasteiger partial charge in [0.2, 0.25) is 0 Å². The lowest BCUT2D eigenvalue weighted by Crippen LogP contribution is -2.46. The summed E-state index contributed by atoms with van der Waals surface area (Å²) in [6, 6.07) is 3.31. The molecule has 0 unspecified atom stereocenters. The summed E-state index contributed by atoms with van der Waals surface area (Å²) in [4.78, 5) is 0. The predicted octanol–water partition coefficient (Wildman–Crippen LogP) is 21.2. The zero-order valence-corrected chi connectivity index (χ0v) is 66.7. The third kappa shape index (κ3) is 38.4. The molecule has 0 rings (SSSR count). The zero-order valence-electron chi connectivity index (χ0n) is 49.6. The molecule has 0 N–H and O–H groups in total. The molecule has 12 nitrogen and oxygen atoms in total. The Hall–Kier alpha value is 5.73. The van der Waals surface area contributed by atoms with Crippen LogP contribution in [0.25, 0.3) is 0 Å². The van der Waals surface area contributed by atoms with Crippen LogP contribution in [0.5, 0.6) is 0 Å².